The van der Waals surface area contributed by atoms with E-state index in [-0.39, 0.29) is 5.56 Å². The number of aromatic amines is 1. The SMILES string of the molecule is Cc1cnc(CNCc2nc3sc(C)c(C)c3c(=O)[nH]2)o1. The Morgan fingerprint density at radius 3 is 2.86 bits per heavy atom. The van der Waals surface area contributed by atoms with Gasteiger partial charge in [0.1, 0.15) is 16.4 Å². The van der Waals surface area contributed by atoms with Crippen LogP contribution in [0.4, 0.5) is 0 Å². The number of thiophene rings is 1. The Hall–Kier alpha value is -1.99. The number of H-pyrrole nitrogens is 1. The molecule has 0 saturated heterocycles. The molecule has 0 aromatic carbocycles. The van der Waals surface area contributed by atoms with Crippen molar-refractivity contribution in [3.8, 4) is 0 Å². The highest BCUT2D eigenvalue weighted by Gasteiger charge is 2.11. The van der Waals surface area contributed by atoms with E-state index in [1.807, 2.05) is 20.8 Å². The predicted molar refractivity (Wildman–Crippen MR) is 81.5 cm³/mol. The lowest BCUT2D eigenvalue weighted by atomic mass is 10.2. The van der Waals surface area contributed by atoms with E-state index < -0.39 is 0 Å². The molecule has 3 rings (SSSR count). The summed E-state index contributed by atoms with van der Waals surface area (Å²) in [6.07, 6.45) is 1.68. The van der Waals surface area contributed by atoms with Gasteiger partial charge in [-0.2, -0.15) is 0 Å². The summed E-state index contributed by atoms with van der Waals surface area (Å²) >= 11 is 1.55. The van der Waals surface area contributed by atoms with Crippen LogP contribution in [0.5, 0.6) is 0 Å². The molecule has 0 saturated carbocycles. The summed E-state index contributed by atoms with van der Waals surface area (Å²) in [5.74, 6) is 2.03. The van der Waals surface area contributed by atoms with Gasteiger partial charge in [0.25, 0.3) is 5.56 Å². The molecule has 3 aromatic rings. The molecular formula is C14H16N4O2S. The first-order valence-electron chi connectivity index (χ1n) is 6.65. The number of nitrogens with zero attached hydrogens (tertiary/aromatic N) is 2. The van der Waals surface area contributed by atoms with Crippen LogP contribution in [0.25, 0.3) is 10.2 Å². The molecule has 0 atom stereocenters. The minimum Gasteiger partial charge on any atom is -0.445 e. The molecule has 6 nitrogen and oxygen atoms in total. The molecule has 0 aliphatic carbocycles. The Morgan fingerprint density at radius 2 is 2.14 bits per heavy atom. The molecule has 0 bridgehead atoms. The van der Waals surface area contributed by atoms with Crippen molar-refractivity contribution in [1.82, 2.24) is 20.3 Å². The van der Waals surface area contributed by atoms with Crippen molar-refractivity contribution in [3.05, 3.63) is 44.5 Å². The van der Waals surface area contributed by atoms with Gasteiger partial charge < -0.3 is 14.7 Å². The number of oxazole rings is 1. The Labute approximate surface area is 125 Å². The Balaban J connectivity index is 1.77. The molecule has 0 amide bonds. The third kappa shape index (κ3) is 2.74. The average molecular weight is 304 g/mol. The van der Waals surface area contributed by atoms with Crippen LogP contribution in [0.1, 0.15) is 27.9 Å². The summed E-state index contributed by atoms with van der Waals surface area (Å²) in [7, 11) is 0. The van der Waals surface area contributed by atoms with E-state index in [9.17, 15) is 4.79 Å². The van der Waals surface area contributed by atoms with E-state index in [0.717, 1.165) is 21.0 Å². The Bertz CT molecular complexity index is 846. The fraction of sp³-hybridized carbons (Fsp3) is 0.357. The molecule has 3 aromatic heterocycles. The maximum Gasteiger partial charge on any atom is 0.259 e. The van der Waals surface area contributed by atoms with E-state index in [4.69, 9.17) is 4.42 Å². The lowest BCUT2D eigenvalue weighted by molar-refractivity contribution is 0.447. The lowest BCUT2D eigenvalue weighted by Crippen LogP contribution is -2.19. The van der Waals surface area contributed by atoms with Gasteiger partial charge in [-0.25, -0.2) is 9.97 Å². The van der Waals surface area contributed by atoms with Crippen molar-refractivity contribution >= 4 is 21.6 Å². The molecule has 3 heterocycles. The normalized spacial score (nSPS) is 11.4. The highest BCUT2D eigenvalue weighted by Crippen LogP contribution is 2.25. The van der Waals surface area contributed by atoms with Crippen molar-refractivity contribution < 1.29 is 4.42 Å². The van der Waals surface area contributed by atoms with Crippen LogP contribution < -0.4 is 10.9 Å². The first-order chi connectivity index (χ1) is 10.0. The van der Waals surface area contributed by atoms with Crippen LogP contribution in [0, 0.1) is 20.8 Å². The number of hydrogen-bond donors (Lipinski definition) is 2. The van der Waals surface area contributed by atoms with Crippen molar-refractivity contribution in [2.45, 2.75) is 33.9 Å². The van der Waals surface area contributed by atoms with Gasteiger partial charge >= 0.3 is 0 Å². The highest BCUT2D eigenvalue weighted by atomic mass is 32.1. The second-order valence-corrected chi connectivity index (χ2v) is 6.15. The smallest absolute Gasteiger partial charge is 0.259 e. The minimum atomic E-state index is -0.0781. The van der Waals surface area contributed by atoms with Crippen LogP contribution in [0.3, 0.4) is 0 Å². The fourth-order valence-electron chi connectivity index (χ4n) is 2.15. The van der Waals surface area contributed by atoms with Crippen LogP contribution in [-0.2, 0) is 13.1 Å². The van der Waals surface area contributed by atoms with Gasteiger partial charge in [-0.3, -0.25) is 4.79 Å². The average Bonchev–Trinajstić information content (AvgIpc) is 2.95. The van der Waals surface area contributed by atoms with Crippen molar-refractivity contribution in [1.29, 1.82) is 0 Å². The van der Waals surface area contributed by atoms with Gasteiger partial charge in [0.2, 0.25) is 5.89 Å². The van der Waals surface area contributed by atoms with Gasteiger partial charge in [-0.15, -0.1) is 11.3 Å². The Kier molecular flexibility index (Phi) is 3.60. The molecule has 0 aliphatic rings. The summed E-state index contributed by atoms with van der Waals surface area (Å²) in [5, 5.41) is 3.86. The summed E-state index contributed by atoms with van der Waals surface area (Å²) in [6.45, 7) is 6.77. The van der Waals surface area contributed by atoms with Gasteiger partial charge in [0.05, 0.1) is 24.7 Å². The van der Waals surface area contributed by atoms with Crippen molar-refractivity contribution in [2.75, 3.05) is 0 Å². The molecule has 21 heavy (non-hydrogen) atoms. The molecular weight excluding hydrogens is 288 g/mol. The fourth-order valence-corrected chi connectivity index (χ4v) is 3.20. The molecule has 0 fully saturated rings. The minimum absolute atomic E-state index is 0.0781. The molecule has 0 unspecified atom stereocenters. The molecule has 7 heteroatoms. The number of aromatic nitrogens is 3. The maximum absolute atomic E-state index is 12.1. The Morgan fingerprint density at radius 1 is 1.33 bits per heavy atom. The van der Waals surface area contributed by atoms with E-state index in [2.05, 4.69) is 20.3 Å². The zero-order valence-corrected chi connectivity index (χ0v) is 12.9. The van der Waals surface area contributed by atoms with Crippen molar-refractivity contribution in [2.24, 2.45) is 0 Å². The third-order valence-electron chi connectivity index (χ3n) is 3.33. The zero-order chi connectivity index (χ0) is 15.0. The van der Waals surface area contributed by atoms with Crippen LogP contribution in [0.2, 0.25) is 0 Å². The van der Waals surface area contributed by atoms with Gasteiger partial charge in [0.15, 0.2) is 0 Å². The summed E-state index contributed by atoms with van der Waals surface area (Å²) < 4.78 is 5.37. The molecule has 0 radical (unpaired) electrons. The second-order valence-electron chi connectivity index (χ2n) is 4.94. The van der Waals surface area contributed by atoms with Gasteiger partial charge in [0, 0.05) is 4.88 Å². The van der Waals surface area contributed by atoms with Crippen LogP contribution >= 0.6 is 11.3 Å². The topological polar surface area (TPSA) is 83.8 Å². The van der Waals surface area contributed by atoms with E-state index in [1.54, 1.807) is 17.5 Å². The first-order valence-corrected chi connectivity index (χ1v) is 7.47. The monoisotopic (exact) mass is 304 g/mol. The number of aryl methyl sites for hydroxylation is 3. The molecule has 0 aliphatic heterocycles. The third-order valence-corrected chi connectivity index (χ3v) is 4.43. The predicted octanol–water partition coefficient (Wildman–Crippen LogP) is 2.19. The van der Waals surface area contributed by atoms with E-state index in [0.29, 0.717) is 30.2 Å². The van der Waals surface area contributed by atoms with E-state index in [1.165, 1.54) is 0 Å². The maximum atomic E-state index is 12.1. The summed E-state index contributed by atoms with van der Waals surface area (Å²) in [5.41, 5.74) is 0.934. The summed E-state index contributed by atoms with van der Waals surface area (Å²) in [6, 6.07) is 0. The second kappa shape index (κ2) is 5.42. The number of rotatable bonds is 4. The van der Waals surface area contributed by atoms with Crippen molar-refractivity contribution in [3.63, 3.8) is 0 Å². The van der Waals surface area contributed by atoms with Gasteiger partial charge in [-0.05, 0) is 26.3 Å². The first kappa shape index (κ1) is 14.0. The largest absolute Gasteiger partial charge is 0.445 e. The van der Waals surface area contributed by atoms with E-state index >= 15 is 0 Å². The zero-order valence-electron chi connectivity index (χ0n) is 12.1. The standard InChI is InChI=1S/C14H16N4O2S/c1-7-4-16-11(20-7)6-15-5-10-17-13(19)12-8(2)9(3)21-14(12)18-10/h4,15H,5-6H2,1-3H3,(H,17,18,19). The highest BCUT2D eigenvalue weighted by molar-refractivity contribution is 7.18. The van der Waals surface area contributed by atoms with Crippen LogP contribution in [0.15, 0.2) is 15.4 Å². The number of fused-ring (bicyclic) bond motifs is 1. The van der Waals surface area contributed by atoms with Crippen LogP contribution in [-0.4, -0.2) is 15.0 Å². The quantitative estimate of drug-likeness (QED) is 0.772. The van der Waals surface area contributed by atoms with Gasteiger partial charge in [-0.1, -0.05) is 0 Å². The molecule has 110 valence electrons. The lowest BCUT2D eigenvalue weighted by Gasteiger charge is -2.02. The molecule has 2 N–H and O–H groups in total. The molecule has 0 spiro atoms. The summed E-state index contributed by atoms with van der Waals surface area (Å²) in [4.78, 5) is 25.5. The number of hydrogen-bond acceptors (Lipinski definition) is 6. The number of nitrogens with one attached hydrogen (secondary N) is 2.